The number of hydrogen-bond donors (Lipinski definition) is 0. The molecule has 1 aromatic carbocycles. The lowest BCUT2D eigenvalue weighted by Gasteiger charge is -2.07. The third-order valence-corrected chi connectivity index (χ3v) is 6.64. The van der Waals surface area contributed by atoms with E-state index in [1.54, 1.807) is 24.3 Å². The van der Waals surface area contributed by atoms with Crippen molar-refractivity contribution in [3.8, 4) is 0 Å². The second-order valence-electron chi connectivity index (χ2n) is 5.49. The van der Waals surface area contributed by atoms with E-state index < -0.39 is 9.84 Å². The summed E-state index contributed by atoms with van der Waals surface area (Å²) in [5.41, 5.74) is 0. The van der Waals surface area contributed by atoms with E-state index in [0.29, 0.717) is 23.1 Å². The van der Waals surface area contributed by atoms with Gasteiger partial charge in [-0.2, -0.15) is 0 Å². The molecule has 23 heavy (non-hydrogen) atoms. The van der Waals surface area contributed by atoms with Gasteiger partial charge in [-0.3, -0.25) is 0 Å². The first-order valence-corrected chi connectivity index (χ1v) is 10.2. The lowest BCUT2D eigenvalue weighted by atomic mass is 10.4. The summed E-state index contributed by atoms with van der Waals surface area (Å²) in [5.74, 6) is 2.04. The molecule has 0 aliphatic heterocycles. The molecule has 1 saturated carbocycles. The van der Waals surface area contributed by atoms with Crippen LogP contribution in [0.5, 0.6) is 0 Å². The van der Waals surface area contributed by atoms with Gasteiger partial charge in [-0.1, -0.05) is 36.0 Å². The zero-order chi connectivity index (χ0) is 16.3. The van der Waals surface area contributed by atoms with Crippen molar-refractivity contribution < 1.29 is 8.42 Å². The van der Waals surface area contributed by atoms with Crippen LogP contribution in [0.4, 0.5) is 0 Å². The summed E-state index contributed by atoms with van der Waals surface area (Å²) in [6.45, 7) is 4.43. The van der Waals surface area contributed by atoms with E-state index in [-0.39, 0.29) is 5.75 Å². The highest BCUT2D eigenvalue weighted by atomic mass is 32.2. The fourth-order valence-electron chi connectivity index (χ4n) is 2.34. The Balaban J connectivity index is 1.66. The molecule has 0 N–H and O–H groups in total. The first kappa shape index (κ1) is 16.3. The molecule has 1 aliphatic rings. The molecule has 7 heteroatoms. The second-order valence-corrected chi connectivity index (χ2v) is 8.67. The van der Waals surface area contributed by atoms with E-state index in [1.165, 1.54) is 11.8 Å². The summed E-state index contributed by atoms with van der Waals surface area (Å²) in [7, 11) is -3.25. The van der Waals surface area contributed by atoms with Crippen LogP contribution in [0, 0.1) is 0 Å². The van der Waals surface area contributed by atoms with Gasteiger partial charge in [0, 0.05) is 18.2 Å². The van der Waals surface area contributed by atoms with Crippen LogP contribution in [0.15, 0.2) is 53.0 Å². The molecule has 0 atom stereocenters. The normalized spacial score (nSPS) is 14.8. The van der Waals surface area contributed by atoms with Gasteiger partial charge in [0.2, 0.25) is 0 Å². The van der Waals surface area contributed by atoms with Crippen molar-refractivity contribution in [2.75, 3.05) is 11.5 Å². The quantitative estimate of drug-likeness (QED) is 0.541. The molecule has 0 amide bonds. The Hall–Kier alpha value is -1.60. The van der Waals surface area contributed by atoms with E-state index in [9.17, 15) is 8.42 Å². The molecule has 0 bridgehead atoms. The van der Waals surface area contributed by atoms with E-state index in [4.69, 9.17) is 0 Å². The van der Waals surface area contributed by atoms with Crippen LogP contribution in [0.25, 0.3) is 0 Å². The molecule has 1 fully saturated rings. The van der Waals surface area contributed by atoms with Gasteiger partial charge >= 0.3 is 0 Å². The molecule has 3 rings (SSSR count). The first-order chi connectivity index (χ1) is 11.1. The second kappa shape index (κ2) is 6.88. The van der Waals surface area contributed by atoms with Gasteiger partial charge in [0.05, 0.1) is 10.6 Å². The van der Waals surface area contributed by atoms with Crippen LogP contribution >= 0.6 is 11.8 Å². The molecular weight excluding hydrogens is 330 g/mol. The summed E-state index contributed by atoms with van der Waals surface area (Å²) in [6.07, 6.45) is 4.13. The Morgan fingerprint density at radius 1 is 1.26 bits per heavy atom. The first-order valence-electron chi connectivity index (χ1n) is 7.56. The highest BCUT2D eigenvalue weighted by Crippen LogP contribution is 2.40. The summed E-state index contributed by atoms with van der Waals surface area (Å²) >= 11 is 1.44. The largest absolute Gasteiger partial charge is 0.302 e. The summed E-state index contributed by atoms with van der Waals surface area (Å²) in [5, 5.41) is 9.26. The zero-order valence-electron chi connectivity index (χ0n) is 12.8. The molecule has 1 aromatic heterocycles. The molecular formula is C16H19N3O2S2. The topological polar surface area (TPSA) is 64.8 Å². The molecule has 2 aromatic rings. The Morgan fingerprint density at radius 2 is 2.00 bits per heavy atom. The lowest BCUT2D eigenvalue weighted by Crippen LogP contribution is -2.09. The minimum absolute atomic E-state index is 0.0847. The van der Waals surface area contributed by atoms with Gasteiger partial charge in [-0.05, 0) is 25.0 Å². The predicted molar refractivity (Wildman–Crippen MR) is 91.4 cm³/mol. The van der Waals surface area contributed by atoms with E-state index in [2.05, 4.69) is 16.8 Å². The maximum atomic E-state index is 12.3. The van der Waals surface area contributed by atoms with Crippen LogP contribution in [-0.4, -0.2) is 34.7 Å². The smallest absolute Gasteiger partial charge is 0.191 e. The predicted octanol–water partition coefficient (Wildman–Crippen LogP) is 2.91. The van der Waals surface area contributed by atoms with Crippen LogP contribution in [0.3, 0.4) is 0 Å². The number of aromatic nitrogens is 3. The summed E-state index contributed by atoms with van der Waals surface area (Å²) in [6, 6.07) is 8.55. The Labute approximate surface area is 140 Å². The maximum Gasteiger partial charge on any atom is 0.191 e. The molecule has 1 heterocycles. The Kier molecular flexibility index (Phi) is 4.87. The lowest BCUT2D eigenvalue weighted by molar-refractivity contribution is 0.597. The van der Waals surface area contributed by atoms with Gasteiger partial charge in [0.15, 0.2) is 15.0 Å². The number of benzene rings is 1. The van der Waals surface area contributed by atoms with Crippen LogP contribution in [-0.2, 0) is 16.4 Å². The van der Waals surface area contributed by atoms with Gasteiger partial charge in [-0.25, -0.2) is 8.42 Å². The fraction of sp³-hybridized carbons (Fsp3) is 0.375. The molecule has 5 nitrogen and oxygen atoms in total. The molecule has 0 unspecified atom stereocenters. The molecule has 122 valence electrons. The maximum absolute atomic E-state index is 12.3. The highest BCUT2D eigenvalue weighted by Gasteiger charge is 2.30. The highest BCUT2D eigenvalue weighted by molar-refractivity contribution is 8.00. The number of allylic oxidation sites excluding steroid dienone is 1. The van der Waals surface area contributed by atoms with Crippen molar-refractivity contribution in [2.45, 2.75) is 35.4 Å². The average molecular weight is 349 g/mol. The molecule has 1 aliphatic carbocycles. The minimum Gasteiger partial charge on any atom is -0.302 e. The van der Waals surface area contributed by atoms with Crippen LogP contribution in [0.2, 0.25) is 0 Å². The van der Waals surface area contributed by atoms with Gasteiger partial charge < -0.3 is 4.57 Å². The van der Waals surface area contributed by atoms with Crippen molar-refractivity contribution in [3.05, 3.63) is 48.8 Å². The summed E-state index contributed by atoms with van der Waals surface area (Å²) in [4.78, 5) is 0.367. The van der Waals surface area contributed by atoms with E-state index in [0.717, 1.165) is 23.8 Å². The van der Waals surface area contributed by atoms with Crippen molar-refractivity contribution >= 4 is 21.6 Å². The number of thioether (sulfide) groups is 1. The monoisotopic (exact) mass is 349 g/mol. The zero-order valence-corrected chi connectivity index (χ0v) is 14.4. The number of hydrogen-bond acceptors (Lipinski definition) is 5. The van der Waals surface area contributed by atoms with Crippen molar-refractivity contribution in [2.24, 2.45) is 0 Å². The van der Waals surface area contributed by atoms with Gasteiger partial charge in [-0.15, -0.1) is 16.8 Å². The van der Waals surface area contributed by atoms with Crippen LogP contribution < -0.4 is 0 Å². The number of rotatable bonds is 8. The fourth-order valence-corrected chi connectivity index (χ4v) is 4.96. The standard InChI is InChI=1S/C16H19N3O2S2/c1-2-10-19-15(13-8-9-13)17-18-16(19)22-11-12-23(20,21)14-6-4-3-5-7-14/h2-7,13H,1,8-12H2. The SMILES string of the molecule is C=CCn1c(SCCS(=O)(=O)c2ccccc2)nnc1C1CC1. The summed E-state index contributed by atoms with van der Waals surface area (Å²) < 4.78 is 26.6. The van der Waals surface area contributed by atoms with Crippen molar-refractivity contribution in [1.82, 2.24) is 14.8 Å². The molecule has 0 saturated heterocycles. The molecule has 0 spiro atoms. The molecule has 0 radical (unpaired) electrons. The third kappa shape index (κ3) is 3.84. The van der Waals surface area contributed by atoms with Crippen molar-refractivity contribution in [1.29, 1.82) is 0 Å². The Morgan fingerprint density at radius 3 is 2.65 bits per heavy atom. The minimum atomic E-state index is -3.25. The van der Waals surface area contributed by atoms with E-state index >= 15 is 0 Å². The van der Waals surface area contributed by atoms with Gasteiger partial charge in [0.1, 0.15) is 5.82 Å². The van der Waals surface area contributed by atoms with Crippen LogP contribution in [0.1, 0.15) is 24.6 Å². The van der Waals surface area contributed by atoms with Gasteiger partial charge in [0.25, 0.3) is 0 Å². The average Bonchev–Trinajstić information content (AvgIpc) is 3.32. The number of nitrogens with zero attached hydrogens (tertiary/aromatic N) is 3. The third-order valence-electron chi connectivity index (χ3n) is 3.69. The van der Waals surface area contributed by atoms with E-state index in [1.807, 2.05) is 16.7 Å². The Bertz CT molecular complexity index is 781. The number of sulfone groups is 1. The van der Waals surface area contributed by atoms with Crippen molar-refractivity contribution in [3.63, 3.8) is 0 Å².